The normalized spacial score (nSPS) is 10.6. The maximum atomic E-state index is 6.18. The van der Waals surface area contributed by atoms with E-state index in [1.54, 1.807) is 13.3 Å². The molecule has 0 atom stereocenters. The molecule has 5 heteroatoms. The van der Waals surface area contributed by atoms with E-state index in [1.807, 2.05) is 19.9 Å². The predicted molar refractivity (Wildman–Crippen MR) is 69.5 cm³/mol. The third kappa shape index (κ3) is 1.85. The number of hydrogen-bond donors (Lipinski definition) is 2. The molecule has 4 nitrogen and oxygen atoms in total. The van der Waals surface area contributed by atoms with E-state index in [2.05, 4.69) is 10.2 Å². The Bertz CT molecular complexity index is 563. The molecule has 1 heterocycles. The first kappa shape index (κ1) is 11.8. The molecular weight excluding hydrogens is 238 g/mol. The van der Waals surface area contributed by atoms with Crippen LogP contribution in [-0.4, -0.2) is 17.3 Å². The number of aromatic nitrogens is 2. The molecule has 1 aromatic carbocycles. The standard InChI is InChI=1S/C12H14ClN3O/c1-6-4-9(13)11(17-3)10(7(6)2)8-5-15-16-12(8)14/h4-5H,1-3H3,(H3,14,15,16). The first-order valence-electron chi connectivity index (χ1n) is 5.19. The molecule has 0 amide bonds. The van der Waals surface area contributed by atoms with Crippen molar-refractivity contribution in [2.45, 2.75) is 13.8 Å². The number of aryl methyl sites for hydroxylation is 1. The van der Waals surface area contributed by atoms with Crippen molar-refractivity contribution in [2.75, 3.05) is 12.8 Å². The molecule has 90 valence electrons. The van der Waals surface area contributed by atoms with Crippen molar-refractivity contribution in [1.29, 1.82) is 0 Å². The molecule has 1 aromatic heterocycles. The zero-order valence-electron chi connectivity index (χ0n) is 9.97. The minimum Gasteiger partial charge on any atom is -0.495 e. The Hall–Kier alpha value is -1.68. The van der Waals surface area contributed by atoms with Crippen LogP contribution in [0, 0.1) is 13.8 Å². The summed E-state index contributed by atoms with van der Waals surface area (Å²) in [7, 11) is 1.59. The van der Waals surface area contributed by atoms with E-state index in [9.17, 15) is 0 Å². The average molecular weight is 252 g/mol. The van der Waals surface area contributed by atoms with Crippen LogP contribution in [0.5, 0.6) is 5.75 Å². The average Bonchev–Trinajstić information content (AvgIpc) is 2.69. The molecule has 0 aliphatic heterocycles. The lowest BCUT2D eigenvalue weighted by atomic mass is 9.97. The summed E-state index contributed by atoms with van der Waals surface area (Å²) in [6, 6.07) is 1.88. The molecule has 0 saturated heterocycles. The molecule has 3 N–H and O–H groups in total. The van der Waals surface area contributed by atoms with Gasteiger partial charge in [-0.3, -0.25) is 5.10 Å². The Balaban J connectivity index is 2.80. The SMILES string of the molecule is COc1c(Cl)cc(C)c(C)c1-c1cn[nH]c1N. The van der Waals surface area contributed by atoms with E-state index in [1.165, 1.54) is 0 Å². The van der Waals surface area contributed by atoms with Gasteiger partial charge in [0, 0.05) is 11.1 Å². The largest absolute Gasteiger partial charge is 0.495 e. The quantitative estimate of drug-likeness (QED) is 0.863. The molecule has 0 spiro atoms. The Morgan fingerprint density at radius 1 is 1.41 bits per heavy atom. The summed E-state index contributed by atoms with van der Waals surface area (Å²) in [5.74, 6) is 1.14. The molecule has 0 aliphatic rings. The second-order valence-electron chi connectivity index (χ2n) is 3.91. The third-order valence-electron chi connectivity index (χ3n) is 2.90. The number of anilines is 1. The summed E-state index contributed by atoms with van der Waals surface area (Å²) in [6.45, 7) is 4.01. The number of H-pyrrole nitrogens is 1. The van der Waals surface area contributed by atoms with Crippen molar-refractivity contribution in [3.8, 4) is 16.9 Å². The summed E-state index contributed by atoms with van der Waals surface area (Å²) in [6.07, 6.45) is 1.68. The summed E-state index contributed by atoms with van der Waals surface area (Å²) < 4.78 is 5.36. The summed E-state index contributed by atoms with van der Waals surface area (Å²) in [5, 5.41) is 7.21. The minimum absolute atomic E-state index is 0.507. The Morgan fingerprint density at radius 3 is 2.65 bits per heavy atom. The first-order valence-corrected chi connectivity index (χ1v) is 5.57. The topological polar surface area (TPSA) is 63.9 Å². The fraction of sp³-hybridized carbons (Fsp3) is 0.250. The van der Waals surface area contributed by atoms with Gasteiger partial charge in [0.1, 0.15) is 11.6 Å². The smallest absolute Gasteiger partial charge is 0.145 e. The zero-order chi connectivity index (χ0) is 12.6. The number of halogens is 1. The van der Waals surface area contributed by atoms with Crippen LogP contribution in [-0.2, 0) is 0 Å². The monoisotopic (exact) mass is 251 g/mol. The molecule has 0 bridgehead atoms. The van der Waals surface area contributed by atoms with Crippen molar-refractivity contribution in [3.63, 3.8) is 0 Å². The van der Waals surface area contributed by atoms with E-state index >= 15 is 0 Å². The van der Waals surface area contributed by atoms with Crippen molar-refractivity contribution < 1.29 is 4.74 Å². The Labute approximate surface area is 105 Å². The second kappa shape index (κ2) is 4.30. The first-order chi connectivity index (χ1) is 8.06. The number of nitrogen functional groups attached to an aromatic ring is 1. The highest BCUT2D eigenvalue weighted by atomic mass is 35.5. The van der Waals surface area contributed by atoms with Crippen LogP contribution >= 0.6 is 11.6 Å². The van der Waals surface area contributed by atoms with E-state index in [0.29, 0.717) is 16.6 Å². The number of nitrogens with two attached hydrogens (primary N) is 1. The van der Waals surface area contributed by atoms with Crippen molar-refractivity contribution in [3.05, 3.63) is 28.4 Å². The molecule has 0 unspecified atom stereocenters. The van der Waals surface area contributed by atoms with Crippen LogP contribution in [0.4, 0.5) is 5.82 Å². The number of benzene rings is 1. The Morgan fingerprint density at radius 2 is 2.12 bits per heavy atom. The van der Waals surface area contributed by atoms with Crippen LogP contribution in [0.2, 0.25) is 5.02 Å². The summed E-state index contributed by atoms with van der Waals surface area (Å²) >= 11 is 6.18. The molecule has 0 radical (unpaired) electrons. The lowest BCUT2D eigenvalue weighted by Gasteiger charge is -2.15. The highest BCUT2D eigenvalue weighted by molar-refractivity contribution is 6.32. The van der Waals surface area contributed by atoms with Gasteiger partial charge in [-0.05, 0) is 31.0 Å². The van der Waals surface area contributed by atoms with Crippen molar-refractivity contribution in [1.82, 2.24) is 10.2 Å². The van der Waals surface area contributed by atoms with E-state index in [-0.39, 0.29) is 0 Å². The van der Waals surface area contributed by atoms with Gasteiger partial charge in [0.05, 0.1) is 18.3 Å². The highest BCUT2D eigenvalue weighted by Crippen LogP contribution is 2.41. The van der Waals surface area contributed by atoms with Gasteiger partial charge in [-0.2, -0.15) is 5.10 Å². The lowest BCUT2D eigenvalue weighted by molar-refractivity contribution is 0.416. The van der Waals surface area contributed by atoms with Gasteiger partial charge in [-0.1, -0.05) is 11.6 Å². The number of rotatable bonds is 2. The van der Waals surface area contributed by atoms with Crippen LogP contribution in [0.25, 0.3) is 11.1 Å². The van der Waals surface area contributed by atoms with Gasteiger partial charge in [0.15, 0.2) is 0 Å². The molecule has 2 aromatic rings. The number of nitrogens with one attached hydrogen (secondary N) is 1. The van der Waals surface area contributed by atoms with E-state index in [0.717, 1.165) is 22.3 Å². The molecule has 0 fully saturated rings. The third-order valence-corrected chi connectivity index (χ3v) is 3.18. The fourth-order valence-electron chi connectivity index (χ4n) is 1.87. The number of ether oxygens (including phenoxy) is 1. The number of aromatic amines is 1. The molecule has 2 rings (SSSR count). The summed E-state index contributed by atoms with van der Waals surface area (Å²) in [4.78, 5) is 0. The number of hydrogen-bond acceptors (Lipinski definition) is 3. The predicted octanol–water partition coefficient (Wildman–Crippen LogP) is 2.94. The van der Waals surface area contributed by atoms with Crippen LogP contribution in [0.15, 0.2) is 12.3 Å². The number of nitrogens with zero attached hydrogens (tertiary/aromatic N) is 1. The van der Waals surface area contributed by atoms with Gasteiger partial charge in [-0.25, -0.2) is 0 Å². The Kier molecular flexibility index (Phi) is 2.98. The fourth-order valence-corrected chi connectivity index (χ4v) is 2.21. The van der Waals surface area contributed by atoms with Gasteiger partial charge in [0.25, 0.3) is 0 Å². The van der Waals surface area contributed by atoms with Crippen LogP contribution in [0.3, 0.4) is 0 Å². The summed E-state index contributed by atoms with van der Waals surface area (Å²) in [5.41, 5.74) is 9.72. The molecular formula is C12H14ClN3O. The van der Waals surface area contributed by atoms with Gasteiger partial charge < -0.3 is 10.5 Å². The van der Waals surface area contributed by atoms with E-state index < -0.39 is 0 Å². The van der Waals surface area contributed by atoms with Gasteiger partial charge in [0.2, 0.25) is 0 Å². The molecule has 0 saturated carbocycles. The maximum absolute atomic E-state index is 6.18. The van der Waals surface area contributed by atoms with Crippen molar-refractivity contribution in [2.24, 2.45) is 0 Å². The second-order valence-corrected chi connectivity index (χ2v) is 4.31. The highest BCUT2D eigenvalue weighted by Gasteiger charge is 2.18. The van der Waals surface area contributed by atoms with Gasteiger partial charge in [-0.15, -0.1) is 0 Å². The van der Waals surface area contributed by atoms with Gasteiger partial charge >= 0.3 is 0 Å². The van der Waals surface area contributed by atoms with Crippen LogP contribution < -0.4 is 10.5 Å². The number of methoxy groups -OCH3 is 1. The minimum atomic E-state index is 0.507. The zero-order valence-corrected chi connectivity index (χ0v) is 10.7. The van der Waals surface area contributed by atoms with Crippen molar-refractivity contribution >= 4 is 17.4 Å². The molecule has 0 aliphatic carbocycles. The molecule has 17 heavy (non-hydrogen) atoms. The van der Waals surface area contributed by atoms with E-state index in [4.69, 9.17) is 22.1 Å². The van der Waals surface area contributed by atoms with Crippen LogP contribution in [0.1, 0.15) is 11.1 Å². The maximum Gasteiger partial charge on any atom is 0.145 e. The lowest BCUT2D eigenvalue weighted by Crippen LogP contribution is -1.96.